The highest BCUT2D eigenvalue weighted by Crippen LogP contribution is 2.33. The molecular formula is C18H19N5O5. The Morgan fingerprint density at radius 2 is 2.00 bits per heavy atom. The Morgan fingerprint density at radius 1 is 1.18 bits per heavy atom. The fraction of sp³-hybridized carbons (Fsp3) is 0.444. The zero-order valence-corrected chi connectivity index (χ0v) is 15.1. The van der Waals surface area contributed by atoms with Crippen molar-refractivity contribution in [1.29, 1.82) is 0 Å². The van der Waals surface area contributed by atoms with Crippen LogP contribution in [0.5, 0.6) is 5.75 Å². The largest absolute Gasteiger partial charge is 0.493 e. The van der Waals surface area contributed by atoms with Crippen LogP contribution in [-0.4, -0.2) is 47.7 Å². The normalized spacial score (nSPS) is 18.6. The minimum atomic E-state index is -1.00. The monoisotopic (exact) mass is 385 g/mol. The van der Waals surface area contributed by atoms with Crippen molar-refractivity contribution in [3.05, 3.63) is 39.8 Å². The molecule has 1 saturated heterocycles. The zero-order chi connectivity index (χ0) is 20.1. The third kappa shape index (κ3) is 3.81. The summed E-state index contributed by atoms with van der Waals surface area (Å²) in [5, 5.41) is 5.62. The maximum Gasteiger partial charge on any atom is 0.266 e. The number of hydrogen-bond acceptors (Lipinski definition) is 6. The van der Waals surface area contributed by atoms with Crippen molar-refractivity contribution in [3.63, 3.8) is 0 Å². The van der Waals surface area contributed by atoms with E-state index in [1.807, 2.05) is 0 Å². The number of nitrogens with one attached hydrogen (secondary N) is 1. The third-order valence-electron chi connectivity index (χ3n) is 4.65. The van der Waals surface area contributed by atoms with Gasteiger partial charge in [-0.3, -0.25) is 29.4 Å². The van der Waals surface area contributed by atoms with E-state index in [1.165, 1.54) is 6.07 Å². The van der Waals surface area contributed by atoms with Crippen LogP contribution < -0.4 is 10.1 Å². The van der Waals surface area contributed by atoms with Crippen LogP contribution in [0.4, 0.5) is 0 Å². The first-order chi connectivity index (χ1) is 13.5. The first-order valence-electron chi connectivity index (χ1n) is 9.03. The van der Waals surface area contributed by atoms with E-state index in [-0.39, 0.29) is 24.0 Å². The summed E-state index contributed by atoms with van der Waals surface area (Å²) in [5.41, 5.74) is 8.56. The summed E-state index contributed by atoms with van der Waals surface area (Å²) >= 11 is 0. The van der Waals surface area contributed by atoms with E-state index < -0.39 is 29.7 Å². The number of hydrogen-bond donors (Lipinski definition) is 1. The molecule has 2 heterocycles. The smallest absolute Gasteiger partial charge is 0.266 e. The summed E-state index contributed by atoms with van der Waals surface area (Å²) in [6, 6.07) is 3.75. The Labute approximate surface area is 160 Å². The molecule has 1 unspecified atom stereocenters. The van der Waals surface area contributed by atoms with Crippen LogP contribution in [0, 0.1) is 0 Å². The number of amides is 4. The van der Waals surface area contributed by atoms with Crippen LogP contribution in [0.1, 0.15) is 52.8 Å². The number of imide groups is 2. The molecule has 10 heteroatoms. The van der Waals surface area contributed by atoms with Gasteiger partial charge in [-0.25, -0.2) is 0 Å². The second-order valence-corrected chi connectivity index (χ2v) is 6.49. The van der Waals surface area contributed by atoms with Crippen molar-refractivity contribution in [2.45, 2.75) is 38.1 Å². The molecule has 0 aliphatic carbocycles. The van der Waals surface area contributed by atoms with Crippen molar-refractivity contribution in [2.24, 2.45) is 5.11 Å². The molecule has 0 spiro atoms. The number of fused-ring (bicyclic) bond motifs is 1. The van der Waals surface area contributed by atoms with E-state index in [0.29, 0.717) is 25.3 Å². The Hall–Kier alpha value is -3.39. The van der Waals surface area contributed by atoms with Crippen molar-refractivity contribution in [3.8, 4) is 5.75 Å². The van der Waals surface area contributed by atoms with E-state index in [1.54, 1.807) is 12.1 Å². The number of ether oxygens (including phenoxy) is 1. The molecule has 2 aliphatic rings. The quantitative estimate of drug-likeness (QED) is 0.239. The Bertz CT molecular complexity index is 877. The van der Waals surface area contributed by atoms with Crippen molar-refractivity contribution >= 4 is 23.6 Å². The summed E-state index contributed by atoms with van der Waals surface area (Å²) in [7, 11) is 0. The molecule has 2 aliphatic heterocycles. The predicted molar refractivity (Wildman–Crippen MR) is 96.5 cm³/mol. The third-order valence-corrected chi connectivity index (χ3v) is 4.65. The van der Waals surface area contributed by atoms with Gasteiger partial charge in [-0.2, -0.15) is 0 Å². The molecule has 10 nitrogen and oxygen atoms in total. The van der Waals surface area contributed by atoms with Crippen LogP contribution >= 0.6 is 0 Å². The SMILES string of the molecule is [N-]=[N+]=NCCCCCOc1cccc2c1C(=O)N(C1CCC(=O)NC1=O)C2=O. The molecule has 0 saturated carbocycles. The Kier molecular flexibility index (Phi) is 5.90. The molecule has 1 fully saturated rings. The summed E-state index contributed by atoms with van der Waals surface area (Å²) in [5.74, 6) is -1.92. The van der Waals surface area contributed by atoms with Crippen LogP contribution in [0.25, 0.3) is 10.4 Å². The van der Waals surface area contributed by atoms with E-state index in [2.05, 4.69) is 15.3 Å². The van der Waals surface area contributed by atoms with Gasteiger partial charge < -0.3 is 4.74 Å². The topological polar surface area (TPSA) is 142 Å². The summed E-state index contributed by atoms with van der Waals surface area (Å²) in [6.45, 7) is 0.762. The zero-order valence-electron chi connectivity index (χ0n) is 15.1. The molecule has 1 N–H and O–H groups in total. The standard InChI is InChI=1S/C18H19N5O5/c19-22-20-9-2-1-3-10-28-13-6-4-5-11-15(13)18(27)23(17(11)26)12-7-8-14(24)21-16(12)25/h4-6,12H,1-3,7-10H2,(H,21,24,25). The highest BCUT2D eigenvalue weighted by atomic mass is 16.5. The molecule has 3 rings (SSSR count). The average molecular weight is 385 g/mol. The van der Waals surface area contributed by atoms with Crippen molar-refractivity contribution in [2.75, 3.05) is 13.2 Å². The van der Waals surface area contributed by atoms with Gasteiger partial charge in [0.05, 0.1) is 17.7 Å². The van der Waals surface area contributed by atoms with E-state index in [0.717, 1.165) is 17.7 Å². The number of carbonyl (C=O) groups is 4. The number of rotatable bonds is 8. The molecule has 1 aromatic carbocycles. The van der Waals surface area contributed by atoms with E-state index >= 15 is 0 Å². The lowest BCUT2D eigenvalue weighted by Crippen LogP contribution is -2.54. The van der Waals surface area contributed by atoms with E-state index in [4.69, 9.17) is 10.3 Å². The number of carbonyl (C=O) groups excluding carboxylic acids is 4. The molecule has 4 amide bonds. The van der Waals surface area contributed by atoms with Crippen molar-refractivity contribution < 1.29 is 23.9 Å². The van der Waals surface area contributed by atoms with Gasteiger partial charge >= 0.3 is 0 Å². The molecule has 0 aromatic heterocycles. The fourth-order valence-corrected chi connectivity index (χ4v) is 3.29. The minimum Gasteiger partial charge on any atom is -0.493 e. The van der Waals surface area contributed by atoms with Gasteiger partial charge in [-0.1, -0.05) is 11.2 Å². The van der Waals surface area contributed by atoms with Gasteiger partial charge in [-0.05, 0) is 43.3 Å². The lowest BCUT2D eigenvalue weighted by molar-refractivity contribution is -0.136. The molecule has 146 valence electrons. The predicted octanol–water partition coefficient (Wildman–Crippen LogP) is 1.95. The minimum absolute atomic E-state index is 0.0724. The van der Waals surface area contributed by atoms with Crippen LogP contribution in [-0.2, 0) is 9.59 Å². The molecule has 0 bridgehead atoms. The summed E-state index contributed by atoms with van der Waals surface area (Å²) in [4.78, 5) is 52.6. The number of nitrogens with zero attached hydrogens (tertiary/aromatic N) is 4. The van der Waals surface area contributed by atoms with Gasteiger partial charge in [-0.15, -0.1) is 0 Å². The number of piperidine rings is 1. The first kappa shape index (κ1) is 19.4. The van der Waals surface area contributed by atoms with Gasteiger partial charge in [0.15, 0.2) is 0 Å². The Balaban J connectivity index is 1.69. The van der Waals surface area contributed by atoms with Crippen LogP contribution in [0.3, 0.4) is 0 Å². The maximum atomic E-state index is 12.9. The Morgan fingerprint density at radius 3 is 2.75 bits per heavy atom. The highest BCUT2D eigenvalue weighted by Gasteiger charge is 2.45. The second kappa shape index (κ2) is 8.53. The molecule has 1 atom stereocenters. The number of unbranched alkanes of at least 4 members (excludes halogenated alkanes) is 2. The molecular weight excluding hydrogens is 366 g/mol. The lowest BCUT2D eigenvalue weighted by atomic mass is 10.0. The maximum absolute atomic E-state index is 12.9. The second-order valence-electron chi connectivity index (χ2n) is 6.49. The average Bonchev–Trinajstić information content (AvgIpc) is 2.93. The van der Waals surface area contributed by atoms with Gasteiger partial charge in [0, 0.05) is 17.9 Å². The number of benzene rings is 1. The summed E-state index contributed by atoms with van der Waals surface area (Å²) in [6.07, 6.45) is 2.41. The fourth-order valence-electron chi connectivity index (χ4n) is 3.29. The lowest BCUT2D eigenvalue weighted by Gasteiger charge is -2.27. The molecule has 0 radical (unpaired) electrons. The number of azide groups is 1. The van der Waals surface area contributed by atoms with Crippen molar-refractivity contribution in [1.82, 2.24) is 10.2 Å². The highest BCUT2D eigenvalue weighted by molar-refractivity contribution is 6.24. The van der Waals surface area contributed by atoms with E-state index in [9.17, 15) is 19.2 Å². The van der Waals surface area contributed by atoms with Crippen LogP contribution in [0.15, 0.2) is 23.3 Å². The molecule has 1 aromatic rings. The summed E-state index contributed by atoms with van der Waals surface area (Å²) < 4.78 is 5.70. The van der Waals surface area contributed by atoms with Gasteiger partial charge in [0.2, 0.25) is 11.8 Å². The molecule has 28 heavy (non-hydrogen) atoms. The van der Waals surface area contributed by atoms with Gasteiger partial charge in [0.25, 0.3) is 11.8 Å². The van der Waals surface area contributed by atoms with Crippen LogP contribution in [0.2, 0.25) is 0 Å². The first-order valence-corrected chi connectivity index (χ1v) is 9.03. The van der Waals surface area contributed by atoms with Gasteiger partial charge in [0.1, 0.15) is 11.8 Å².